The van der Waals surface area contributed by atoms with E-state index in [1.165, 1.54) is 18.9 Å². The van der Waals surface area contributed by atoms with Crippen molar-refractivity contribution in [2.75, 3.05) is 11.9 Å². The van der Waals surface area contributed by atoms with Crippen molar-refractivity contribution in [2.45, 2.75) is 45.7 Å². The molecule has 1 N–H and O–H groups in total. The van der Waals surface area contributed by atoms with E-state index >= 15 is 0 Å². The third-order valence-corrected chi connectivity index (χ3v) is 4.08. The van der Waals surface area contributed by atoms with Gasteiger partial charge in [0.2, 0.25) is 0 Å². The van der Waals surface area contributed by atoms with Crippen LogP contribution in [0.15, 0.2) is 22.7 Å². The first-order valence-electron chi connectivity index (χ1n) is 6.99. The largest absolute Gasteiger partial charge is 0.416 e. The van der Waals surface area contributed by atoms with E-state index in [9.17, 15) is 13.2 Å². The zero-order valence-corrected chi connectivity index (χ0v) is 13.4. The summed E-state index contributed by atoms with van der Waals surface area (Å²) in [5.41, 5.74) is 0.0842. The molecular weight excluding hydrogens is 331 g/mol. The van der Waals surface area contributed by atoms with E-state index in [0.29, 0.717) is 16.1 Å². The van der Waals surface area contributed by atoms with Crippen LogP contribution in [-0.2, 0) is 6.18 Å². The molecule has 0 radical (unpaired) electrons. The van der Waals surface area contributed by atoms with Crippen LogP contribution < -0.4 is 5.32 Å². The molecule has 0 bridgehead atoms. The van der Waals surface area contributed by atoms with Gasteiger partial charge in [0.25, 0.3) is 0 Å². The zero-order valence-electron chi connectivity index (χ0n) is 11.9. The second-order valence-electron chi connectivity index (χ2n) is 4.99. The Kier molecular flexibility index (Phi) is 6.86. The third-order valence-electron chi connectivity index (χ3n) is 3.42. The first-order chi connectivity index (χ1) is 9.38. The molecule has 0 aliphatic rings. The van der Waals surface area contributed by atoms with E-state index in [2.05, 4.69) is 35.1 Å². The average molecular weight is 352 g/mol. The van der Waals surface area contributed by atoms with Crippen molar-refractivity contribution in [3.63, 3.8) is 0 Å². The van der Waals surface area contributed by atoms with Crippen molar-refractivity contribution < 1.29 is 13.2 Å². The number of hydrogen-bond acceptors (Lipinski definition) is 1. The Bertz CT molecular complexity index is 418. The lowest BCUT2D eigenvalue weighted by molar-refractivity contribution is -0.137. The molecule has 1 nitrogen and oxygen atoms in total. The lowest BCUT2D eigenvalue weighted by atomic mass is 9.99. The van der Waals surface area contributed by atoms with Crippen molar-refractivity contribution in [1.29, 1.82) is 0 Å². The number of hydrogen-bond donors (Lipinski definition) is 1. The Balaban J connectivity index is 2.64. The van der Waals surface area contributed by atoms with Gasteiger partial charge in [0.15, 0.2) is 0 Å². The minimum absolute atomic E-state index is 0.456. The molecule has 0 saturated heterocycles. The molecule has 114 valence electrons. The normalized spacial score (nSPS) is 13.3. The van der Waals surface area contributed by atoms with Gasteiger partial charge in [-0.2, -0.15) is 13.2 Å². The second kappa shape index (κ2) is 7.91. The Hall–Kier alpha value is -0.710. The van der Waals surface area contributed by atoms with Crippen LogP contribution in [0.2, 0.25) is 0 Å². The van der Waals surface area contributed by atoms with Crippen LogP contribution in [0.3, 0.4) is 0 Å². The Morgan fingerprint density at radius 2 is 1.95 bits per heavy atom. The summed E-state index contributed by atoms with van der Waals surface area (Å²) in [6.45, 7) is 5.09. The highest BCUT2D eigenvalue weighted by atomic mass is 79.9. The smallest absolute Gasteiger partial charge is 0.384 e. The monoisotopic (exact) mass is 351 g/mol. The number of nitrogens with one attached hydrogen (secondary N) is 1. The zero-order chi connectivity index (χ0) is 15.2. The van der Waals surface area contributed by atoms with Crippen LogP contribution in [0.4, 0.5) is 18.9 Å². The number of unbranched alkanes of at least 4 members (excludes halogenated alkanes) is 1. The van der Waals surface area contributed by atoms with Gasteiger partial charge in [-0.1, -0.05) is 33.1 Å². The van der Waals surface area contributed by atoms with Gasteiger partial charge in [-0.05, 0) is 46.5 Å². The number of benzene rings is 1. The Morgan fingerprint density at radius 1 is 1.25 bits per heavy atom. The molecule has 1 aromatic rings. The molecule has 0 aliphatic heterocycles. The topological polar surface area (TPSA) is 12.0 Å². The van der Waals surface area contributed by atoms with E-state index in [1.807, 2.05) is 0 Å². The Morgan fingerprint density at radius 3 is 2.45 bits per heavy atom. The minimum atomic E-state index is -4.30. The molecule has 0 saturated carbocycles. The summed E-state index contributed by atoms with van der Waals surface area (Å²) in [5.74, 6) is 0.559. The van der Waals surface area contributed by atoms with Gasteiger partial charge in [-0.3, -0.25) is 0 Å². The van der Waals surface area contributed by atoms with Gasteiger partial charge < -0.3 is 5.32 Å². The highest BCUT2D eigenvalue weighted by Gasteiger charge is 2.30. The van der Waals surface area contributed by atoms with E-state index in [0.717, 1.165) is 31.5 Å². The minimum Gasteiger partial charge on any atom is -0.384 e. The van der Waals surface area contributed by atoms with Crippen molar-refractivity contribution in [1.82, 2.24) is 0 Å². The maximum absolute atomic E-state index is 12.6. The van der Waals surface area contributed by atoms with Crippen molar-refractivity contribution in [3.8, 4) is 0 Å². The fraction of sp³-hybridized carbons (Fsp3) is 0.600. The second-order valence-corrected chi connectivity index (χ2v) is 5.84. The summed E-state index contributed by atoms with van der Waals surface area (Å²) in [6, 6.07) is 3.72. The molecule has 0 aliphatic carbocycles. The van der Waals surface area contributed by atoms with Gasteiger partial charge in [-0.15, -0.1) is 0 Å². The fourth-order valence-corrected chi connectivity index (χ4v) is 2.55. The van der Waals surface area contributed by atoms with E-state index < -0.39 is 11.7 Å². The van der Waals surface area contributed by atoms with Crippen LogP contribution in [0.1, 0.15) is 45.1 Å². The molecule has 0 amide bonds. The summed E-state index contributed by atoms with van der Waals surface area (Å²) in [4.78, 5) is 0. The molecule has 0 spiro atoms. The van der Waals surface area contributed by atoms with Gasteiger partial charge in [-0.25, -0.2) is 0 Å². The summed E-state index contributed by atoms with van der Waals surface area (Å²) in [5, 5.41) is 3.24. The van der Waals surface area contributed by atoms with Crippen molar-refractivity contribution in [3.05, 3.63) is 28.2 Å². The predicted molar refractivity (Wildman–Crippen MR) is 80.9 cm³/mol. The molecule has 1 aromatic carbocycles. The van der Waals surface area contributed by atoms with Crippen LogP contribution in [0.5, 0.6) is 0 Å². The molecule has 1 unspecified atom stereocenters. The Labute approximate surface area is 127 Å². The molecule has 1 rings (SSSR count). The quantitative estimate of drug-likeness (QED) is 0.626. The van der Waals surface area contributed by atoms with Crippen LogP contribution in [-0.4, -0.2) is 6.54 Å². The fourth-order valence-electron chi connectivity index (χ4n) is 2.03. The predicted octanol–water partition coefficient (Wildman–Crippen LogP) is 6.10. The van der Waals surface area contributed by atoms with Gasteiger partial charge >= 0.3 is 6.18 Å². The molecule has 20 heavy (non-hydrogen) atoms. The van der Waals surface area contributed by atoms with Crippen LogP contribution >= 0.6 is 15.9 Å². The van der Waals surface area contributed by atoms with E-state index in [1.54, 1.807) is 0 Å². The molecule has 0 fully saturated rings. The standard InChI is InChI=1S/C15H21BrF3N/c1-3-5-6-11(4-2)10-20-14-8-7-12(9-13(14)16)15(17,18)19/h7-9,11,20H,3-6,10H2,1-2H3. The summed E-state index contributed by atoms with van der Waals surface area (Å²) < 4.78 is 38.2. The van der Waals surface area contributed by atoms with E-state index in [4.69, 9.17) is 0 Å². The number of halogens is 4. The first-order valence-corrected chi connectivity index (χ1v) is 7.78. The first kappa shape index (κ1) is 17.3. The highest BCUT2D eigenvalue weighted by Crippen LogP contribution is 2.34. The van der Waals surface area contributed by atoms with Gasteiger partial charge in [0, 0.05) is 16.7 Å². The molecular formula is C15H21BrF3N. The lowest BCUT2D eigenvalue weighted by Gasteiger charge is -2.17. The third kappa shape index (κ3) is 5.35. The average Bonchev–Trinajstić information content (AvgIpc) is 2.39. The van der Waals surface area contributed by atoms with Crippen molar-refractivity contribution >= 4 is 21.6 Å². The number of rotatable bonds is 7. The number of anilines is 1. The SMILES string of the molecule is CCCCC(CC)CNc1ccc(C(F)(F)F)cc1Br. The number of alkyl halides is 3. The summed E-state index contributed by atoms with van der Waals surface area (Å²) >= 11 is 3.20. The maximum atomic E-state index is 12.6. The molecule has 1 atom stereocenters. The highest BCUT2D eigenvalue weighted by molar-refractivity contribution is 9.10. The maximum Gasteiger partial charge on any atom is 0.416 e. The molecule has 0 aromatic heterocycles. The van der Waals surface area contributed by atoms with Crippen molar-refractivity contribution in [2.24, 2.45) is 5.92 Å². The van der Waals surface area contributed by atoms with Gasteiger partial charge in [0.1, 0.15) is 0 Å². The van der Waals surface area contributed by atoms with Gasteiger partial charge in [0.05, 0.1) is 5.56 Å². The van der Waals surface area contributed by atoms with Crippen LogP contribution in [0, 0.1) is 5.92 Å². The lowest BCUT2D eigenvalue weighted by Crippen LogP contribution is -2.14. The molecule has 0 heterocycles. The van der Waals surface area contributed by atoms with E-state index in [-0.39, 0.29) is 0 Å². The molecule has 5 heteroatoms. The van der Waals surface area contributed by atoms with Crippen LogP contribution in [0.25, 0.3) is 0 Å². The summed E-state index contributed by atoms with van der Waals surface area (Å²) in [7, 11) is 0. The summed E-state index contributed by atoms with van der Waals surface area (Å²) in [6.07, 6.45) is 0.284.